The molecule has 2 amide bonds. The Hall–Kier alpha value is -2.57. The minimum Gasteiger partial charge on any atom is -0.349 e. The van der Waals surface area contributed by atoms with E-state index in [1.807, 2.05) is 36.0 Å². The third kappa shape index (κ3) is 2.86. The van der Waals surface area contributed by atoms with Crippen LogP contribution >= 0.6 is 0 Å². The molecule has 122 valence electrons. The monoisotopic (exact) mass is 315 g/mol. The van der Waals surface area contributed by atoms with Crippen molar-refractivity contribution in [2.75, 3.05) is 26.2 Å². The third-order valence-corrected chi connectivity index (χ3v) is 4.32. The average Bonchev–Trinajstić information content (AvgIpc) is 3.12. The number of hydrogen-bond donors (Lipinski definition) is 0. The molecule has 1 aliphatic heterocycles. The molecule has 0 spiro atoms. The molecule has 1 aliphatic rings. The highest BCUT2D eigenvalue weighted by Gasteiger charge is 2.25. The predicted octanol–water partition coefficient (Wildman–Crippen LogP) is 0.730. The van der Waals surface area contributed by atoms with Crippen molar-refractivity contribution in [3.05, 3.63) is 30.1 Å². The van der Waals surface area contributed by atoms with Crippen molar-refractivity contribution >= 4 is 11.8 Å². The van der Waals surface area contributed by atoms with Gasteiger partial charge in [-0.05, 0) is 18.2 Å². The molecule has 2 aromatic heterocycles. The van der Waals surface area contributed by atoms with Gasteiger partial charge in [-0.3, -0.25) is 14.3 Å². The Balaban J connectivity index is 1.77. The summed E-state index contributed by atoms with van der Waals surface area (Å²) in [6.07, 6.45) is 1.95. The van der Waals surface area contributed by atoms with E-state index >= 15 is 0 Å². The van der Waals surface area contributed by atoms with Gasteiger partial charge in [0.15, 0.2) is 0 Å². The summed E-state index contributed by atoms with van der Waals surface area (Å²) in [6.45, 7) is 3.85. The number of hydrogen-bond acceptors (Lipinski definition) is 3. The Bertz CT molecular complexity index is 737. The Morgan fingerprint density at radius 2 is 1.74 bits per heavy atom. The van der Waals surface area contributed by atoms with E-state index in [2.05, 4.69) is 5.10 Å². The average molecular weight is 315 g/mol. The zero-order chi connectivity index (χ0) is 16.6. The summed E-state index contributed by atoms with van der Waals surface area (Å²) in [5, 5.41) is 4.46. The van der Waals surface area contributed by atoms with Crippen LogP contribution < -0.4 is 0 Å². The van der Waals surface area contributed by atoms with E-state index < -0.39 is 0 Å². The highest BCUT2D eigenvalue weighted by atomic mass is 16.2. The van der Waals surface area contributed by atoms with Crippen LogP contribution in [0.2, 0.25) is 0 Å². The van der Waals surface area contributed by atoms with Crippen LogP contribution in [-0.2, 0) is 18.9 Å². The molecule has 0 atom stereocenters. The van der Waals surface area contributed by atoms with Crippen molar-refractivity contribution in [3.8, 4) is 11.4 Å². The van der Waals surface area contributed by atoms with Crippen molar-refractivity contribution in [1.82, 2.24) is 24.1 Å². The summed E-state index contributed by atoms with van der Waals surface area (Å²) in [6, 6.07) is 5.75. The van der Waals surface area contributed by atoms with E-state index in [0.29, 0.717) is 31.9 Å². The molecule has 3 rings (SSSR count). The Morgan fingerprint density at radius 1 is 1.09 bits per heavy atom. The highest BCUT2D eigenvalue weighted by molar-refractivity contribution is 5.93. The number of nitrogens with zero attached hydrogens (tertiary/aromatic N) is 5. The number of rotatable bonds is 2. The summed E-state index contributed by atoms with van der Waals surface area (Å²) in [4.78, 5) is 27.6. The highest BCUT2D eigenvalue weighted by Crippen LogP contribution is 2.20. The topological polar surface area (TPSA) is 63.4 Å². The smallest absolute Gasteiger partial charge is 0.272 e. The van der Waals surface area contributed by atoms with E-state index in [0.717, 1.165) is 11.4 Å². The Labute approximate surface area is 135 Å². The zero-order valence-corrected chi connectivity index (χ0v) is 13.7. The number of aromatic nitrogens is 3. The van der Waals surface area contributed by atoms with E-state index in [1.165, 1.54) is 0 Å². The molecular weight excluding hydrogens is 294 g/mol. The van der Waals surface area contributed by atoms with Crippen molar-refractivity contribution in [3.63, 3.8) is 0 Å². The summed E-state index contributed by atoms with van der Waals surface area (Å²) < 4.78 is 3.60. The van der Waals surface area contributed by atoms with Gasteiger partial charge in [-0.25, -0.2) is 0 Å². The normalized spacial score (nSPS) is 15.1. The molecule has 0 bridgehead atoms. The SMILES string of the molecule is CC(=O)N1CCN(C(=O)c2cc(-c3cccn3C)nn2C)CC1. The van der Waals surface area contributed by atoms with Crippen LogP contribution in [0.25, 0.3) is 11.4 Å². The predicted molar refractivity (Wildman–Crippen MR) is 85.8 cm³/mol. The lowest BCUT2D eigenvalue weighted by molar-refractivity contribution is -0.130. The zero-order valence-electron chi connectivity index (χ0n) is 13.7. The molecule has 23 heavy (non-hydrogen) atoms. The molecule has 2 aromatic rings. The van der Waals surface area contributed by atoms with Crippen LogP contribution in [0.3, 0.4) is 0 Å². The standard InChI is InChI=1S/C16H21N5O2/c1-12(22)20-7-9-21(10-8-20)16(23)15-11-13(17-19(15)3)14-5-4-6-18(14)2/h4-6,11H,7-10H2,1-3H3. The summed E-state index contributed by atoms with van der Waals surface area (Å²) >= 11 is 0. The van der Waals surface area contributed by atoms with Gasteiger partial charge >= 0.3 is 0 Å². The first kappa shape index (κ1) is 15.3. The third-order valence-electron chi connectivity index (χ3n) is 4.32. The van der Waals surface area contributed by atoms with Gasteiger partial charge in [0.25, 0.3) is 5.91 Å². The first-order valence-electron chi connectivity index (χ1n) is 7.68. The largest absolute Gasteiger partial charge is 0.349 e. The van der Waals surface area contributed by atoms with Crippen molar-refractivity contribution in [2.24, 2.45) is 14.1 Å². The van der Waals surface area contributed by atoms with Gasteiger partial charge in [-0.1, -0.05) is 0 Å². The van der Waals surface area contributed by atoms with Gasteiger partial charge in [0, 0.05) is 53.4 Å². The summed E-state index contributed by atoms with van der Waals surface area (Å²) in [7, 11) is 3.73. The van der Waals surface area contributed by atoms with Crippen LogP contribution in [0.4, 0.5) is 0 Å². The van der Waals surface area contributed by atoms with Crippen molar-refractivity contribution < 1.29 is 9.59 Å². The maximum atomic E-state index is 12.7. The van der Waals surface area contributed by atoms with E-state index in [9.17, 15) is 9.59 Å². The van der Waals surface area contributed by atoms with Crippen molar-refractivity contribution in [1.29, 1.82) is 0 Å². The van der Waals surface area contributed by atoms with E-state index in [1.54, 1.807) is 28.5 Å². The molecule has 0 unspecified atom stereocenters. The van der Waals surface area contributed by atoms with Crippen molar-refractivity contribution in [2.45, 2.75) is 6.92 Å². The maximum absolute atomic E-state index is 12.7. The molecule has 7 nitrogen and oxygen atoms in total. The fourth-order valence-corrected chi connectivity index (χ4v) is 2.91. The molecule has 0 saturated carbocycles. The Morgan fingerprint density at radius 3 is 2.30 bits per heavy atom. The number of carbonyl (C=O) groups is 2. The lowest BCUT2D eigenvalue weighted by Gasteiger charge is -2.34. The van der Waals surface area contributed by atoms with E-state index in [-0.39, 0.29) is 11.8 Å². The van der Waals surface area contributed by atoms with Gasteiger partial charge in [0.2, 0.25) is 5.91 Å². The molecule has 0 N–H and O–H groups in total. The van der Waals surface area contributed by atoms with Gasteiger partial charge in [0.1, 0.15) is 11.4 Å². The van der Waals surface area contributed by atoms with Crippen LogP contribution in [0, 0.1) is 0 Å². The molecule has 0 aliphatic carbocycles. The van der Waals surface area contributed by atoms with Crippen LogP contribution in [0.5, 0.6) is 0 Å². The second-order valence-electron chi connectivity index (χ2n) is 5.84. The first-order chi connectivity index (χ1) is 11.0. The van der Waals surface area contributed by atoms with Gasteiger partial charge in [-0.15, -0.1) is 0 Å². The van der Waals surface area contributed by atoms with Gasteiger partial charge in [-0.2, -0.15) is 5.10 Å². The minimum absolute atomic E-state index is 0.0383. The molecule has 3 heterocycles. The summed E-state index contributed by atoms with van der Waals surface area (Å²) in [5.41, 5.74) is 2.32. The van der Waals surface area contributed by atoms with Crippen LogP contribution in [0.15, 0.2) is 24.4 Å². The van der Waals surface area contributed by atoms with E-state index in [4.69, 9.17) is 0 Å². The number of carbonyl (C=O) groups excluding carboxylic acids is 2. The quantitative estimate of drug-likeness (QED) is 0.821. The molecule has 0 aromatic carbocycles. The molecule has 1 fully saturated rings. The molecule has 7 heteroatoms. The molecule has 1 saturated heterocycles. The second-order valence-corrected chi connectivity index (χ2v) is 5.84. The fraction of sp³-hybridized carbons (Fsp3) is 0.438. The first-order valence-corrected chi connectivity index (χ1v) is 7.68. The number of amides is 2. The summed E-state index contributed by atoms with van der Waals surface area (Å²) in [5.74, 6) is 0.0206. The van der Waals surface area contributed by atoms with Gasteiger partial charge in [0.05, 0.1) is 5.69 Å². The lowest BCUT2D eigenvalue weighted by atomic mass is 10.2. The van der Waals surface area contributed by atoms with Crippen LogP contribution in [-0.4, -0.2) is 62.1 Å². The lowest BCUT2D eigenvalue weighted by Crippen LogP contribution is -2.50. The Kier molecular flexibility index (Phi) is 3.94. The minimum atomic E-state index is -0.0383. The molecular formula is C16H21N5O2. The van der Waals surface area contributed by atoms with Crippen LogP contribution in [0.1, 0.15) is 17.4 Å². The van der Waals surface area contributed by atoms with Gasteiger partial charge < -0.3 is 14.4 Å². The second kappa shape index (κ2) is 5.91. The number of aryl methyl sites for hydroxylation is 2. The molecule has 0 radical (unpaired) electrons. The maximum Gasteiger partial charge on any atom is 0.272 e. The number of piperazine rings is 1. The fourth-order valence-electron chi connectivity index (χ4n) is 2.91.